The molecule has 1 heterocycles. The minimum Gasteiger partial charge on any atom is -0.383 e. The summed E-state index contributed by atoms with van der Waals surface area (Å²) >= 11 is 5.41. The summed E-state index contributed by atoms with van der Waals surface area (Å²) in [7, 11) is 0. The topological polar surface area (TPSA) is 51.8 Å². The van der Waals surface area contributed by atoms with E-state index >= 15 is 0 Å². The van der Waals surface area contributed by atoms with Crippen molar-refractivity contribution in [1.82, 2.24) is 9.97 Å². The minimum atomic E-state index is 0.193. The number of nitrogen functional groups attached to an aromatic ring is 1. The van der Waals surface area contributed by atoms with Crippen molar-refractivity contribution in [1.29, 1.82) is 0 Å². The van der Waals surface area contributed by atoms with Gasteiger partial charge in [-0.3, -0.25) is 0 Å². The van der Waals surface area contributed by atoms with E-state index in [0.29, 0.717) is 5.82 Å². The third kappa shape index (κ3) is 1.29. The van der Waals surface area contributed by atoms with Crippen LogP contribution in [0.5, 0.6) is 0 Å². The third-order valence-electron chi connectivity index (χ3n) is 0.981. The molecule has 0 spiro atoms. The van der Waals surface area contributed by atoms with Gasteiger partial charge in [0, 0.05) is 11.8 Å². The molecule has 0 aliphatic heterocycles. The van der Waals surface area contributed by atoms with Crippen molar-refractivity contribution in [2.45, 2.75) is 6.92 Å². The Morgan fingerprint density at radius 1 is 1.67 bits per heavy atom. The van der Waals surface area contributed by atoms with Gasteiger partial charge in [0.1, 0.15) is 5.82 Å². The van der Waals surface area contributed by atoms with Crippen molar-refractivity contribution in [2.75, 3.05) is 5.73 Å². The van der Waals surface area contributed by atoms with E-state index in [9.17, 15) is 0 Å². The zero-order valence-corrected chi connectivity index (χ0v) is 5.68. The number of hydrogen-bond donors (Lipinski definition) is 1. The number of rotatable bonds is 0. The smallest absolute Gasteiger partial charge is 0.224 e. The second kappa shape index (κ2) is 2.19. The maximum absolute atomic E-state index is 5.41. The standard InChI is InChI=1S/C5H6ClN3/c1-3-2-8-5(6)9-4(3)7/h2H,1H3,(H2,7,8,9)/i1+1,8+1,9+1. The summed E-state index contributed by atoms with van der Waals surface area (Å²) in [5.74, 6) is 0.440. The van der Waals surface area contributed by atoms with Gasteiger partial charge in [-0.15, -0.1) is 0 Å². The van der Waals surface area contributed by atoms with Crippen LogP contribution in [-0.2, 0) is 0 Å². The second-order valence-corrected chi connectivity index (χ2v) is 2.05. The first-order valence-electron chi connectivity index (χ1n) is 2.45. The van der Waals surface area contributed by atoms with Gasteiger partial charge in [-0.2, -0.15) is 0 Å². The normalized spacial score (nSPS) is 9.56. The summed E-state index contributed by atoms with van der Waals surface area (Å²) in [4.78, 5) is 7.42. The molecular weight excluding hydrogens is 141 g/mol. The van der Waals surface area contributed by atoms with Crippen molar-refractivity contribution < 1.29 is 0 Å². The molecule has 0 fully saturated rings. The highest BCUT2D eigenvalue weighted by Crippen LogP contribution is 2.07. The van der Waals surface area contributed by atoms with Gasteiger partial charge in [-0.25, -0.2) is 9.97 Å². The van der Waals surface area contributed by atoms with Crippen molar-refractivity contribution >= 4 is 17.4 Å². The van der Waals surface area contributed by atoms with E-state index in [-0.39, 0.29) is 5.28 Å². The average Bonchev–Trinajstić information content (AvgIpc) is 1.80. The lowest BCUT2D eigenvalue weighted by molar-refractivity contribution is 1.14. The Labute approximate surface area is 57.9 Å². The lowest BCUT2D eigenvalue weighted by Crippen LogP contribution is -1.94. The maximum Gasteiger partial charge on any atom is 0.224 e. The van der Waals surface area contributed by atoms with Gasteiger partial charge < -0.3 is 5.73 Å². The Morgan fingerprint density at radius 2 is 2.33 bits per heavy atom. The lowest BCUT2D eigenvalue weighted by Gasteiger charge is -1.94. The molecule has 1 rings (SSSR count). The number of nitrogens with two attached hydrogens (primary N) is 1. The predicted octanol–water partition coefficient (Wildman–Crippen LogP) is 1.02. The molecule has 0 aliphatic rings. The van der Waals surface area contributed by atoms with Gasteiger partial charge >= 0.3 is 0 Å². The fourth-order valence-electron chi connectivity index (χ4n) is 0.433. The summed E-state index contributed by atoms with van der Waals surface area (Å²) < 4.78 is 0. The van der Waals surface area contributed by atoms with Crippen molar-refractivity contribution in [3.05, 3.63) is 17.0 Å². The van der Waals surface area contributed by atoms with Crippen LogP contribution in [0.25, 0.3) is 0 Å². The van der Waals surface area contributed by atoms with Crippen LogP contribution in [-0.4, -0.2) is 9.97 Å². The molecular formula is C5H6ClN3. The molecule has 3 nitrogen and oxygen atoms in total. The van der Waals surface area contributed by atoms with E-state index in [1.165, 1.54) is 0 Å². The number of hydrogen-bond acceptors (Lipinski definition) is 3. The molecule has 0 atom stereocenters. The van der Waals surface area contributed by atoms with Gasteiger partial charge in [-0.05, 0) is 18.5 Å². The SMILES string of the molecule is [13CH3]c1c[15n]c(Cl)[15n]c1N. The van der Waals surface area contributed by atoms with E-state index in [4.69, 9.17) is 17.3 Å². The van der Waals surface area contributed by atoms with E-state index in [2.05, 4.69) is 9.97 Å². The average molecular weight is 147 g/mol. The van der Waals surface area contributed by atoms with Crippen LogP contribution < -0.4 is 5.73 Å². The minimum absolute atomic E-state index is 0.193. The van der Waals surface area contributed by atoms with Crippen LogP contribution in [0.3, 0.4) is 0 Å². The van der Waals surface area contributed by atoms with E-state index in [1.807, 2.05) is 6.92 Å². The monoisotopic (exact) mass is 146 g/mol. The molecule has 2 N–H and O–H groups in total. The molecule has 0 amide bonds. The molecule has 0 aliphatic carbocycles. The lowest BCUT2D eigenvalue weighted by atomic mass is 10.5. The quantitative estimate of drug-likeness (QED) is 0.439. The number of halogens is 1. The second-order valence-electron chi connectivity index (χ2n) is 1.71. The van der Waals surface area contributed by atoms with E-state index in [0.717, 1.165) is 5.56 Å². The Hall–Kier alpha value is -0.830. The number of anilines is 1. The van der Waals surface area contributed by atoms with Crippen LogP contribution in [0.4, 0.5) is 5.82 Å². The largest absolute Gasteiger partial charge is 0.383 e. The summed E-state index contributed by atoms with van der Waals surface area (Å²) in [5, 5.41) is 0.193. The van der Waals surface area contributed by atoms with Gasteiger partial charge in [0.25, 0.3) is 0 Å². The molecule has 1 aromatic heterocycles. The molecule has 0 unspecified atom stereocenters. The van der Waals surface area contributed by atoms with Crippen molar-refractivity contribution in [3.63, 3.8) is 0 Å². The summed E-state index contributed by atoms with van der Waals surface area (Å²) in [6.45, 7) is 1.83. The van der Waals surface area contributed by atoms with Gasteiger partial charge in [0.15, 0.2) is 0 Å². The fourth-order valence-corrected chi connectivity index (χ4v) is 0.573. The predicted molar refractivity (Wildman–Crippen MR) is 36.2 cm³/mol. The van der Waals surface area contributed by atoms with Crippen LogP contribution in [0, 0.1) is 6.92 Å². The Bertz CT molecular complexity index is 223. The van der Waals surface area contributed by atoms with Gasteiger partial charge in [-0.1, -0.05) is 0 Å². The molecule has 48 valence electrons. The first kappa shape index (κ1) is 6.29. The Kier molecular flexibility index (Phi) is 1.53. The number of aromatic nitrogens is 2. The van der Waals surface area contributed by atoms with Crippen molar-refractivity contribution in [3.8, 4) is 0 Å². The van der Waals surface area contributed by atoms with E-state index in [1.54, 1.807) is 6.20 Å². The van der Waals surface area contributed by atoms with Crippen LogP contribution in [0.15, 0.2) is 6.20 Å². The zero-order chi connectivity index (χ0) is 6.85. The maximum atomic E-state index is 5.41. The molecule has 4 heteroatoms. The number of nitrogens with zero attached hydrogens (tertiary/aromatic N) is 2. The fraction of sp³-hybridized carbons (Fsp3) is 0.200. The first-order valence-corrected chi connectivity index (χ1v) is 2.82. The van der Waals surface area contributed by atoms with Crippen LogP contribution in [0.1, 0.15) is 5.56 Å². The Balaban J connectivity index is 3.17. The zero-order valence-electron chi connectivity index (χ0n) is 4.93. The number of aryl methyl sites for hydroxylation is 1. The third-order valence-corrected chi connectivity index (χ3v) is 1.16. The Morgan fingerprint density at radius 3 is 2.78 bits per heavy atom. The van der Waals surface area contributed by atoms with Crippen LogP contribution >= 0.6 is 11.6 Å². The van der Waals surface area contributed by atoms with Crippen LogP contribution in [0.2, 0.25) is 5.28 Å². The molecule has 0 bridgehead atoms. The molecule has 0 radical (unpaired) electrons. The molecule has 0 aromatic carbocycles. The van der Waals surface area contributed by atoms with Gasteiger partial charge in [0.2, 0.25) is 5.28 Å². The molecule has 0 saturated heterocycles. The highest BCUT2D eigenvalue weighted by Gasteiger charge is 1.94. The molecule has 0 saturated carbocycles. The van der Waals surface area contributed by atoms with E-state index < -0.39 is 0 Å². The first-order chi connectivity index (χ1) is 4.20. The van der Waals surface area contributed by atoms with Gasteiger partial charge in [0.05, 0.1) is 0 Å². The highest BCUT2D eigenvalue weighted by atomic mass is 35.5. The molecule has 9 heavy (non-hydrogen) atoms. The molecule has 1 aromatic rings. The summed E-state index contributed by atoms with van der Waals surface area (Å²) in [5.41, 5.74) is 6.23. The highest BCUT2D eigenvalue weighted by molar-refractivity contribution is 6.28. The van der Waals surface area contributed by atoms with Crippen molar-refractivity contribution in [2.24, 2.45) is 0 Å². The summed E-state index contributed by atoms with van der Waals surface area (Å²) in [6.07, 6.45) is 1.59. The summed E-state index contributed by atoms with van der Waals surface area (Å²) in [6, 6.07) is 0.